The van der Waals surface area contributed by atoms with E-state index < -0.39 is 0 Å². The van der Waals surface area contributed by atoms with E-state index in [1.807, 2.05) is 23.0 Å². The molecule has 2 rings (SSSR count). The van der Waals surface area contributed by atoms with E-state index in [1.165, 1.54) is 5.56 Å². The molecule has 21 heavy (non-hydrogen) atoms. The lowest BCUT2D eigenvalue weighted by atomic mass is 10.1. The number of nitrogens with zero attached hydrogens (tertiary/aromatic N) is 2. The topological polar surface area (TPSA) is 39.1 Å². The number of hydrogen-bond acceptors (Lipinski definition) is 3. The Kier molecular flexibility index (Phi) is 5.42. The Balaban J connectivity index is 2.12. The third-order valence-corrected chi connectivity index (χ3v) is 3.98. The Labute approximate surface area is 134 Å². The Morgan fingerprint density at radius 2 is 2.05 bits per heavy atom. The van der Waals surface area contributed by atoms with Gasteiger partial charge in [-0.2, -0.15) is 5.10 Å². The lowest BCUT2D eigenvalue weighted by Crippen LogP contribution is -2.17. The van der Waals surface area contributed by atoms with Gasteiger partial charge in [0.1, 0.15) is 5.75 Å². The quantitative estimate of drug-likeness (QED) is 0.820. The first-order chi connectivity index (χ1) is 10.0. The van der Waals surface area contributed by atoms with Crippen molar-refractivity contribution in [3.05, 3.63) is 40.6 Å². The van der Waals surface area contributed by atoms with Gasteiger partial charge >= 0.3 is 0 Å². The molecule has 0 aliphatic heterocycles. The molecule has 0 fully saturated rings. The van der Waals surface area contributed by atoms with Gasteiger partial charge in [-0.05, 0) is 45.0 Å². The van der Waals surface area contributed by atoms with Crippen molar-refractivity contribution in [3.63, 3.8) is 0 Å². The Morgan fingerprint density at radius 3 is 2.62 bits per heavy atom. The summed E-state index contributed by atoms with van der Waals surface area (Å²) in [6.45, 7) is 9.37. The molecule has 4 nitrogen and oxygen atoms in total. The number of benzene rings is 1. The van der Waals surface area contributed by atoms with Gasteiger partial charge in [0, 0.05) is 16.6 Å². The molecule has 1 atom stereocenters. The van der Waals surface area contributed by atoms with Gasteiger partial charge in [0.2, 0.25) is 0 Å². The molecule has 0 aliphatic rings. The SMILES string of the molecule is CCNC(C)c1ccc(Oc2cnn(C(C)C)c2)cc1Br. The average molecular weight is 352 g/mol. The normalized spacial score (nSPS) is 12.7. The van der Waals surface area contributed by atoms with Gasteiger partial charge in [-0.1, -0.05) is 28.9 Å². The van der Waals surface area contributed by atoms with Gasteiger partial charge < -0.3 is 10.1 Å². The predicted molar refractivity (Wildman–Crippen MR) is 88.9 cm³/mol. The monoisotopic (exact) mass is 351 g/mol. The third kappa shape index (κ3) is 4.08. The number of nitrogens with one attached hydrogen (secondary N) is 1. The van der Waals surface area contributed by atoms with Gasteiger partial charge in [-0.15, -0.1) is 0 Å². The molecule has 1 unspecified atom stereocenters. The van der Waals surface area contributed by atoms with Crippen molar-refractivity contribution in [3.8, 4) is 11.5 Å². The van der Waals surface area contributed by atoms with Crippen molar-refractivity contribution in [2.75, 3.05) is 6.54 Å². The molecule has 2 aromatic rings. The zero-order valence-electron chi connectivity index (χ0n) is 12.9. The number of aromatic nitrogens is 2. The van der Waals surface area contributed by atoms with E-state index in [4.69, 9.17) is 4.74 Å². The highest BCUT2D eigenvalue weighted by atomic mass is 79.9. The summed E-state index contributed by atoms with van der Waals surface area (Å²) in [6.07, 6.45) is 3.65. The first kappa shape index (κ1) is 16.0. The standard InChI is InChI=1S/C16H22BrN3O/c1-5-18-12(4)15-7-6-13(8-16(15)17)21-14-9-19-20(10-14)11(2)3/h6-12,18H,5H2,1-4H3. The largest absolute Gasteiger partial charge is 0.454 e. The van der Waals surface area contributed by atoms with E-state index in [9.17, 15) is 0 Å². The summed E-state index contributed by atoms with van der Waals surface area (Å²) >= 11 is 3.62. The lowest BCUT2D eigenvalue weighted by Gasteiger charge is -2.15. The average Bonchev–Trinajstić information content (AvgIpc) is 2.87. The van der Waals surface area contributed by atoms with Crippen LogP contribution < -0.4 is 10.1 Å². The summed E-state index contributed by atoms with van der Waals surface area (Å²) in [7, 11) is 0. The second-order valence-electron chi connectivity index (χ2n) is 5.31. The van der Waals surface area contributed by atoms with Gasteiger partial charge in [-0.3, -0.25) is 4.68 Å². The molecular weight excluding hydrogens is 330 g/mol. The highest BCUT2D eigenvalue weighted by Crippen LogP contribution is 2.30. The van der Waals surface area contributed by atoms with Crippen LogP contribution in [0.2, 0.25) is 0 Å². The molecule has 0 radical (unpaired) electrons. The summed E-state index contributed by atoms with van der Waals surface area (Å²) in [6, 6.07) is 6.70. The molecule has 114 valence electrons. The smallest absolute Gasteiger partial charge is 0.165 e. The number of hydrogen-bond donors (Lipinski definition) is 1. The van der Waals surface area contributed by atoms with Gasteiger partial charge in [-0.25, -0.2) is 0 Å². The molecule has 1 aromatic carbocycles. The number of rotatable bonds is 6. The van der Waals surface area contributed by atoms with Crippen molar-refractivity contribution in [1.29, 1.82) is 0 Å². The molecule has 0 amide bonds. The summed E-state index contributed by atoms with van der Waals surface area (Å²) in [4.78, 5) is 0. The minimum absolute atomic E-state index is 0.308. The second kappa shape index (κ2) is 7.09. The predicted octanol–water partition coefficient (Wildman–Crippen LogP) is 4.69. The zero-order chi connectivity index (χ0) is 15.4. The maximum atomic E-state index is 5.85. The molecule has 0 spiro atoms. The molecule has 0 saturated heterocycles. The fourth-order valence-corrected chi connectivity index (χ4v) is 2.83. The van der Waals surface area contributed by atoms with Crippen LogP contribution in [0.4, 0.5) is 0 Å². The van der Waals surface area contributed by atoms with Crippen LogP contribution in [0.5, 0.6) is 11.5 Å². The lowest BCUT2D eigenvalue weighted by molar-refractivity contribution is 0.476. The van der Waals surface area contributed by atoms with Gasteiger partial charge in [0.25, 0.3) is 0 Å². The van der Waals surface area contributed by atoms with E-state index in [-0.39, 0.29) is 0 Å². The summed E-state index contributed by atoms with van der Waals surface area (Å²) in [5.41, 5.74) is 1.22. The molecule has 1 aromatic heterocycles. The molecular formula is C16H22BrN3O. The minimum atomic E-state index is 0.308. The van der Waals surface area contributed by atoms with E-state index in [2.05, 4.69) is 60.1 Å². The van der Waals surface area contributed by atoms with E-state index in [0.717, 1.165) is 22.5 Å². The molecule has 0 aliphatic carbocycles. The summed E-state index contributed by atoms with van der Waals surface area (Å²) in [5, 5.41) is 7.68. The van der Waals surface area contributed by atoms with Crippen molar-refractivity contribution in [2.45, 2.75) is 39.8 Å². The number of halogens is 1. The number of ether oxygens (including phenoxy) is 1. The van der Waals surface area contributed by atoms with Crippen LogP contribution in [-0.2, 0) is 0 Å². The van der Waals surface area contributed by atoms with Crippen LogP contribution >= 0.6 is 15.9 Å². The fourth-order valence-electron chi connectivity index (χ4n) is 2.13. The van der Waals surface area contributed by atoms with Crippen molar-refractivity contribution < 1.29 is 4.74 Å². The molecule has 1 heterocycles. The zero-order valence-corrected chi connectivity index (χ0v) is 14.5. The summed E-state index contributed by atoms with van der Waals surface area (Å²) < 4.78 is 8.78. The molecule has 5 heteroatoms. The van der Waals surface area contributed by atoms with Crippen molar-refractivity contribution in [1.82, 2.24) is 15.1 Å². The van der Waals surface area contributed by atoms with Crippen LogP contribution in [0, 0.1) is 0 Å². The van der Waals surface area contributed by atoms with E-state index in [0.29, 0.717) is 12.1 Å². The highest BCUT2D eigenvalue weighted by Gasteiger charge is 2.10. The van der Waals surface area contributed by atoms with Crippen LogP contribution in [0.15, 0.2) is 35.1 Å². The first-order valence-electron chi connectivity index (χ1n) is 7.26. The van der Waals surface area contributed by atoms with Crippen LogP contribution in [0.25, 0.3) is 0 Å². The van der Waals surface area contributed by atoms with Crippen LogP contribution in [-0.4, -0.2) is 16.3 Å². The minimum Gasteiger partial charge on any atom is -0.454 e. The third-order valence-electron chi connectivity index (χ3n) is 3.29. The van der Waals surface area contributed by atoms with E-state index in [1.54, 1.807) is 6.20 Å². The first-order valence-corrected chi connectivity index (χ1v) is 8.05. The van der Waals surface area contributed by atoms with Crippen molar-refractivity contribution in [2.24, 2.45) is 0 Å². The maximum Gasteiger partial charge on any atom is 0.165 e. The Hall–Kier alpha value is -1.33. The van der Waals surface area contributed by atoms with Crippen LogP contribution in [0.3, 0.4) is 0 Å². The van der Waals surface area contributed by atoms with E-state index >= 15 is 0 Å². The molecule has 1 N–H and O–H groups in total. The van der Waals surface area contributed by atoms with Gasteiger partial charge in [0.05, 0.1) is 12.4 Å². The van der Waals surface area contributed by atoms with Crippen LogP contribution in [0.1, 0.15) is 45.3 Å². The highest BCUT2D eigenvalue weighted by molar-refractivity contribution is 9.10. The second-order valence-corrected chi connectivity index (χ2v) is 6.17. The maximum absolute atomic E-state index is 5.85. The molecule has 0 bridgehead atoms. The van der Waals surface area contributed by atoms with Gasteiger partial charge in [0.15, 0.2) is 5.75 Å². The Bertz CT molecular complexity index is 595. The fraction of sp³-hybridized carbons (Fsp3) is 0.438. The van der Waals surface area contributed by atoms with Crippen molar-refractivity contribution >= 4 is 15.9 Å². The Morgan fingerprint density at radius 1 is 1.29 bits per heavy atom. The summed E-state index contributed by atoms with van der Waals surface area (Å²) in [5.74, 6) is 1.56. The molecule has 0 saturated carbocycles.